The van der Waals surface area contributed by atoms with E-state index in [-0.39, 0.29) is 0 Å². The quantitative estimate of drug-likeness (QED) is 0.417. The van der Waals surface area contributed by atoms with Gasteiger partial charge < -0.3 is 4.74 Å². The molecule has 0 aliphatic carbocycles. The average Bonchev–Trinajstić information content (AvgIpc) is 1.80. The highest BCUT2D eigenvalue weighted by Crippen LogP contribution is 2.02. The summed E-state index contributed by atoms with van der Waals surface area (Å²) in [6.07, 6.45) is 2.12. The van der Waals surface area contributed by atoms with Gasteiger partial charge in [0.05, 0.1) is 6.61 Å². The van der Waals surface area contributed by atoms with E-state index in [0.717, 1.165) is 12.8 Å². The van der Waals surface area contributed by atoms with Gasteiger partial charge in [-0.2, -0.15) is 0 Å². The van der Waals surface area contributed by atoms with E-state index in [1.54, 1.807) is 0 Å². The largest absolute Gasteiger partial charge is 0.468 e. The zero-order chi connectivity index (χ0) is 7.11. The van der Waals surface area contributed by atoms with Crippen molar-refractivity contribution in [3.63, 3.8) is 0 Å². The summed E-state index contributed by atoms with van der Waals surface area (Å²) in [7, 11) is 0. The number of rotatable bonds is 5. The second kappa shape index (κ2) is 5.60. The van der Waals surface area contributed by atoms with Crippen LogP contribution in [0.5, 0.6) is 0 Å². The summed E-state index contributed by atoms with van der Waals surface area (Å²) in [5.74, 6) is 0.709. The molecule has 2 heteroatoms. The molecule has 0 saturated heterocycles. The van der Waals surface area contributed by atoms with Crippen LogP contribution in [0, 0.1) is 5.92 Å². The van der Waals surface area contributed by atoms with Gasteiger partial charge in [0.15, 0.2) is 0 Å². The van der Waals surface area contributed by atoms with E-state index < -0.39 is 0 Å². The Morgan fingerprint density at radius 3 is 2.67 bits per heavy atom. The second-order valence-corrected chi connectivity index (χ2v) is 2.50. The van der Waals surface area contributed by atoms with Crippen LogP contribution >= 0.6 is 0 Å². The molecule has 0 aliphatic heterocycles. The molecule has 0 unspecified atom stereocenters. The Kier molecular flexibility index (Phi) is 5.27. The first-order valence-electron chi connectivity index (χ1n) is 3.32. The highest BCUT2D eigenvalue weighted by molar-refractivity contribution is 5.36. The average molecular weight is 130 g/mol. The van der Waals surface area contributed by atoms with E-state index in [0.29, 0.717) is 19.0 Å². The molecule has 0 aromatic carbocycles. The Labute approximate surface area is 56.2 Å². The van der Waals surface area contributed by atoms with E-state index in [1.165, 1.54) is 0 Å². The first-order valence-corrected chi connectivity index (χ1v) is 3.32. The fourth-order valence-electron chi connectivity index (χ4n) is 0.623. The van der Waals surface area contributed by atoms with Crippen LogP contribution in [0.1, 0.15) is 26.7 Å². The summed E-state index contributed by atoms with van der Waals surface area (Å²) in [4.78, 5) is 9.63. The predicted octanol–water partition coefficient (Wildman–Crippen LogP) is 1.60. The van der Waals surface area contributed by atoms with Gasteiger partial charge in [0.2, 0.25) is 0 Å². The van der Waals surface area contributed by atoms with Gasteiger partial charge in [-0.3, -0.25) is 4.79 Å². The minimum Gasteiger partial charge on any atom is -0.468 e. The number of hydrogen-bond donors (Lipinski definition) is 0. The lowest BCUT2D eigenvalue weighted by Crippen LogP contribution is -1.94. The van der Waals surface area contributed by atoms with Crippen LogP contribution in [0.4, 0.5) is 0 Å². The van der Waals surface area contributed by atoms with Crippen LogP contribution in [0.2, 0.25) is 0 Å². The number of carbonyl (C=O) groups excluding carboxylic acids is 1. The molecule has 54 valence electrons. The van der Waals surface area contributed by atoms with Crippen LogP contribution in [0.3, 0.4) is 0 Å². The predicted molar refractivity (Wildman–Crippen MR) is 36.1 cm³/mol. The zero-order valence-electron chi connectivity index (χ0n) is 6.09. The maximum Gasteiger partial charge on any atom is 0.293 e. The smallest absolute Gasteiger partial charge is 0.293 e. The summed E-state index contributed by atoms with van der Waals surface area (Å²) in [5, 5.41) is 0. The molecule has 0 aromatic rings. The lowest BCUT2D eigenvalue weighted by Gasteiger charge is -2.01. The van der Waals surface area contributed by atoms with Crippen molar-refractivity contribution >= 4 is 6.47 Å². The van der Waals surface area contributed by atoms with Crippen LogP contribution in [-0.4, -0.2) is 13.1 Å². The Balaban J connectivity index is 2.82. The topological polar surface area (TPSA) is 26.3 Å². The molecule has 0 spiro atoms. The van der Waals surface area contributed by atoms with Gasteiger partial charge in [-0.05, 0) is 18.8 Å². The van der Waals surface area contributed by atoms with Gasteiger partial charge in [0.1, 0.15) is 0 Å². The molecule has 0 fully saturated rings. The molecule has 0 rings (SSSR count). The van der Waals surface area contributed by atoms with Crippen molar-refractivity contribution in [3.8, 4) is 0 Å². The molecule has 0 heterocycles. The molecular weight excluding hydrogens is 116 g/mol. The van der Waals surface area contributed by atoms with Crippen LogP contribution in [-0.2, 0) is 9.53 Å². The fraction of sp³-hybridized carbons (Fsp3) is 0.857. The number of carbonyl (C=O) groups is 1. The Hall–Kier alpha value is -0.530. The molecular formula is C7H14O2. The summed E-state index contributed by atoms with van der Waals surface area (Å²) in [6, 6.07) is 0. The summed E-state index contributed by atoms with van der Waals surface area (Å²) in [5.41, 5.74) is 0. The minimum absolute atomic E-state index is 0.500. The molecule has 0 atom stereocenters. The van der Waals surface area contributed by atoms with Crippen molar-refractivity contribution < 1.29 is 9.53 Å². The lowest BCUT2D eigenvalue weighted by atomic mass is 10.1. The Morgan fingerprint density at radius 1 is 1.56 bits per heavy atom. The molecule has 0 N–H and O–H groups in total. The minimum atomic E-state index is 0.500. The van der Waals surface area contributed by atoms with Crippen molar-refractivity contribution in [3.05, 3.63) is 0 Å². The molecule has 0 radical (unpaired) electrons. The van der Waals surface area contributed by atoms with Gasteiger partial charge in [0, 0.05) is 0 Å². The molecule has 0 amide bonds. The standard InChI is InChI=1S/C7H14O2/c1-7(2)4-3-5-9-6-8/h6-7H,3-5H2,1-2H3. The molecule has 0 aromatic heterocycles. The van der Waals surface area contributed by atoms with Gasteiger partial charge in [-0.1, -0.05) is 13.8 Å². The van der Waals surface area contributed by atoms with Crippen LogP contribution < -0.4 is 0 Å². The maximum atomic E-state index is 9.63. The highest BCUT2D eigenvalue weighted by atomic mass is 16.5. The van der Waals surface area contributed by atoms with Crippen molar-refractivity contribution in [2.24, 2.45) is 5.92 Å². The van der Waals surface area contributed by atoms with Crippen molar-refractivity contribution in [2.45, 2.75) is 26.7 Å². The second-order valence-electron chi connectivity index (χ2n) is 2.50. The number of ether oxygens (including phenoxy) is 1. The fourth-order valence-corrected chi connectivity index (χ4v) is 0.623. The summed E-state index contributed by atoms with van der Waals surface area (Å²) >= 11 is 0. The molecule has 0 aliphatic rings. The van der Waals surface area contributed by atoms with Gasteiger partial charge >= 0.3 is 0 Å². The first kappa shape index (κ1) is 8.47. The Morgan fingerprint density at radius 2 is 2.22 bits per heavy atom. The van der Waals surface area contributed by atoms with Crippen molar-refractivity contribution in [1.82, 2.24) is 0 Å². The SMILES string of the molecule is CC(C)CCCOC=O. The third-order valence-electron chi connectivity index (χ3n) is 1.11. The summed E-state index contributed by atoms with van der Waals surface area (Å²) in [6.45, 7) is 5.38. The van der Waals surface area contributed by atoms with Gasteiger partial charge in [0.25, 0.3) is 6.47 Å². The van der Waals surface area contributed by atoms with Crippen molar-refractivity contribution in [2.75, 3.05) is 6.61 Å². The third-order valence-corrected chi connectivity index (χ3v) is 1.11. The normalized spacial score (nSPS) is 9.67. The van der Waals surface area contributed by atoms with E-state index in [2.05, 4.69) is 18.6 Å². The molecule has 2 nitrogen and oxygen atoms in total. The zero-order valence-corrected chi connectivity index (χ0v) is 6.09. The molecule has 0 saturated carbocycles. The maximum absolute atomic E-state index is 9.63. The first-order chi connectivity index (χ1) is 4.27. The molecule has 0 bridgehead atoms. The van der Waals surface area contributed by atoms with Gasteiger partial charge in [-0.25, -0.2) is 0 Å². The van der Waals surface area contributed by atoms with Crippen molar-refractivity contribution in [1.29, 1.82) is 0 Å². The van der Waals surface area contributed by atoms with E-state index in [4.69, 9.17) is 0 Å². The molecule has 9 heavy (non-hydrogen) atoms. The summed E-state index contributed by atoms with van der Waals surface area (Å²) < 4.78 is 4.50. The Bertz CT molecular complexity index is 69.3. The van der Waals surface area contributed by atoms with E-state index >= 15 is 0 Å². The van der Waals surface area contributed by atoms with Crippen LogP contribution in [0.25, 0.3) is 0 Å². The third kappa shape index (κ3) is 7.47. The monoisotopic (exact) mass is 130 g/mol. The van der Waals surface area contributed by atoms with Gasteiger partial charge in [-0.15, -0.1) is 0 Å². The van der Waals surface area contributed by atoms with Crippen LogP contribution in [0.15, 0.2) is 0 Å². The van der Waals surface area contributed by atoms with E-state index in [9.17, 15) is 4.79 Å². The lowest BCUT2D eigenvalue weighted by molar-refractivity contribution is -0.128. The van der Waals surface area contributed by atoms with E-state index in [1.807, 2.05) is 0 Å². The number of hydrogen-bond acceptors (Lipinski definition) is 2. The highest BCUT2D eigenvalue weighted by Gasteiger charge is 1.92.